The van der Waals surface area contributed by atoms with Crippen LogP contribution < -0.4 is 5.32 Å². The molecule has 2 N–H and O–H groups in total. The van der Waals surface area contributed by atoms with Crippen molar-refractivity contribution in [3.63, 3.8) is 0 Å². The number of hydrogen-bond donors (Lipinski definition) is 2. The van der Waals surface area contributed by atoms with E-state index in [-0.39, 0.29) is 12.8 Å². The summed E-state index contributed by atoms with van der Waals surface area (Å²) in [6.45, 7) is 1.37. The Morgan fingerprint density at radius 3 is 2.67 bits per heavy atom. The van der Waals surface area contributed by atoms with Gasteiger partial charge in [-0.1, -0.05) is 0 Å². The first-order chi connectivity index (χ1) is 5.57. The van der Waals surface area contributed by atoms with E-state index in [2.05, 4.69) is 5.32 Å². The standard InChI is InChI=1S/C7H10N2O3/c1-5(7(11)12)9-6(10)3-2-4-8/h5H,2-3H2,1H3,(H,9,10)(H,11,12)/t5-/m0/s1. The zero-order valence-corrected chi connectivity index (χ0v) is 6.70. The number of aliphatic carboxylic acids is 1. The van der Waals surface area contributed by atoms with Gasteiger partial charge in [0.15, 0.2) is 0 Å². The lowest BCUT2D eigenvalue weighted by atomic mass is 10.3. The van der Waals surface area contributed by atoms with Gasteiger partial charge < -0.3 is 10.4 Å². The number of amides is 1. The molecule has 0 spiro atoms. The third kappa shape index (κ3) is 4.28. The van der Waals surface area contributed by atoms with E-state index in [0.717, 1.165) is 0 Å². The molecule has 66 valence electrons. The van der Waals surface area contributed by atoms with E-state index in [1.807, 2.05) is 0 Å². The van der Waals surface area contributed by atoms with Crippen LogP contribution in [-0.4, -0.2) is 23.0 Å². The van der Waals surface area contributed by atoms with Crippen molar-refractivity contribution < 1.29 is 14.7 Å². The Morgan fingerprint density at radius 2 is 2.25 bits per heavy atom. The zero-order valence-electron chi connectivity index (χ0n) is 6.70. The van der Waals surface area contributed by atoms with Crippen LogP contribution in [0.5, 0.6) is 0 Å². The van der Waals surface area contributed by atoms with Gasteiger partial charge in [-0.2, -0.15) is 5.26 Å². The smallest absolute Gasteiger partial charge is 0.325 e. The van der Waals surface area contributed by atoms with Gasteiger partial charge in [0.05, 0.1) is 6.07 Å². The molecule has 1 amide bonds. The van der Waals surface area contributed by atoms with Crippen LogP contribution in [-0.2, 0) is 9.59 Å². The Morgan fingerprint density at radius 1 is 1.67 bits per heavy atom. The summed E-state index contributed by atoms with van der Waals surface area (Å²) < 4.78 is 0. The summed E-state index contributed by atoms with van der Waals surface area (Å²) in [5.41, 5.74) is 0. The SMILES string of the molecule is C[C@H](NC(=O)CCC#N)C(=O)O. The Bertz CT molecular complexity index is 219. The van der Waals surface area contributed by atoms with Crippen molar-refractivity contribution >= 4 is 11.9 Å². The summed E-state index contributed by atoms with van der Waals surface area (Å²) in [5.74, 6) is -1.49. The van der Waals surface area contributed by atoms with Crippen molar-refractivity contribution in [3.05, 3.63) is 0 Å². The summed E-state index contributed by atoms with van der Waals surface area (Å²) in [4.78, 5) is 21.0. The Kier molecular flexibility index (Phi) is 4.46. The van der Waals surface area contributed by atoms with Gasteiger partial charge in [0.2, 0.25) is 5.91 Å². The Hall–Kier alpha value is -1.57. The van der Waals surface area contributed by atoms with Crippen LogP contribution in [0.2, 0.25) is 0 Å². The Labute approximate surface area is 70.0 Å². The number of carboxylic acids is 1. The maximum Gasteiger partial charge on any atom is 0.325 e. The monoisotopic (exact) mass is 170 g/mol. The van der Waals surface area contributed by atoms with Gasteiger partial charge in [-0.25, -0.2) is 0 Å². The number of hydrogen-bond acceptors (Lipinski definition) is 3. The van der Waals surface area contributed by atoms with Crippen LogP contribution in [0.1, 0.15) is 19.8 Å². The van der Waals surface area contributed by atoms with Crippen molar-refractivity contribution in [2.45, 2.75) is 25.8 Å². The first-order valence-corrected chi connectivity index (χ1v) is 3.47. The minimum atomic E-state index is -1.08. The van der Waals surface area contributed by atoms with Crippen LogP contribution in [0.4, 0.5) is 0 Å². The fourth-order valence-electron chi connectivity index (χ4n) is 0.545. The molecule has 5 nitrogen and oxygen atoms in total. The third-order valence-corrected chi connectivity index (χ3v) is 1.21. The molecule has 0 heterocycles. The molecular weight excluding hydrogens is 160 g/mol. The molecule has 0 unspecified atom stereocenters. The molecule has 1 atom stereocenters. The summed E-state index contributed by atoms with van der Waals surface area (Å²) in [5, 5.41) is 18.7. The Balaban J connectivity index is 3.71. The predicted molar refractivity (Wildman–Crippen MR) is 40.1 cm³/mol. The summed E-state index contributed by atoms with van der Waals surface area (Å²) in [7, 11) is 0. The van der Waals surface area contributed by atoms with Crippen LogP contribution >= 0.6 is 0 Å². The molecule has 0 aromatic heterocycles. The van der Waals surface area contributed by atoms with Crippen molar-refractivity contribution in [2.24, 2.45) is 0 Å². The van der Waals surface area contributed by atoms with E-state index >= 15 is 0 Å². The van der Waals surface area contributed by atoms with Gasteiger partial charge in [-0.15, -0.1) is 0 Å². The predicted octanol–water partition coefficient (Wildman–Crippen LogP) is -0.121. The normalized spacial score (nSPS) is 11.3. The van der Waals surface area contributed by atoms with E-state index in [1.165, 1.54) is 6.92 Å². The van der Waals surface area contributed by atoms with Crippen molar-refractivity contribution in [1.82, 2.24) is 5.32 Å². The van der Waals surface area contributed by atoms with Crippen LogP contribution in [0.15, 0.2) is 0 Å². The fraction of sp³-hybridized carbons (Fsp3) is 0.571. The molecule has 0 rings (SSSR count). The molecule has 0 fully saturated rings. The molecule has 0 radical (unpaired) electrons. The van der Waals surface area contributed by atoms with E-state index in [9.17, 15) is 9.59 Å². The van der Waals surface area contributed by atoms with Gasteiger partial charge >= 0.3 is 5.97 Å². The topological polar surface area (TPSA) is 90.2 Å². The molecule has 0 aliphatic carbocycles. The number of carbonyl (C=O) groups is 2. The molecule has 5 heteroatoms. The molecule has 0 aliphatic rings. The lowest BCUT2D eigenvalue weighted by molar-refractivity contribution is -0.141. The van der Waals surface area contributed by atoms with E-state index < -0.39 is 17.9 Å². The van der Waals surface area contributed by atoms with Crippen molar-refractivity contribution in [1.29, 1.82) is 5.26 Å². The second-order valence-electron chi connectivity index (χ2n) is 2.29. The molecule has 12 heavy (non-hydrogen) atoms. The number of carboxylic acid groups (broad SMARTS) is 1. The molecule has 0 saturated carbocycles. The maximum atomic E-state index is 10.8. The first kappa shape index (κ1) is 10.4. The average Bonchev–Trinajstić information content (AvgIpc) is 2.00. The first-order valence-electron chi connectivity index (χ1n) is 3.47. The lowest BCUT2D eigenvalue weighted by Gasteiger charge is -2.07. The van der Waals surface area contributed by atoms with Crippen LogP contribution in [0.25, 0.3) is 0 Å². The second-order valence-corrected chi connectivity index (χ2v) is 2.29. The van der Waals surface area contributed by atoms with Gasteiger partial charge in [0.1, 0.15) is 6.04 Å². The molecule has 0 saturated heterocycles. The molecule has 0 aromatic carbocycles. The van der Waals surface area contributed by atoms with Crippen LogP contribution in [0.3, 0.4) is 0 Å². The van der Waals surface area contributed by atoms with Crippen molar-refractivity contribution in [3.8, 4) is 6.07 Å². The highest BCUT2D eigenvalue weighted by Gasteiger charge is 2.12. The number of rotatable bonds is 4. The minimum Gasteiger partial charge on any atom is -0.480 e. The summed E-state index contributed by atoms with van der Waals surface area (Å²) >= 11 is 0. The number of nitriles is 1. The highest BCUT2D eigenvalue weighted by molar-refractivity contribution is 5.83. The quantitative estimate of drug-likeness (QED) is 0.615. The second kappa shape index (κ2) is 5.13. The van der Waals surface area contributed by atoms with Crippen molar-refractivity contribution in [2.75, 3.05) is 0 Å². The largest absolute Gasteiger partial charge is 0.480 e. The average molecular weight is 170 g/mol. The fourth-order valence-corrected chi connectivity index (χ4v) is 0.545. The summed E-state index contributed by atoms with van der Waals surface area (Å²) in [6, 6.07) is 0.900. The van der Waals surface area contributed by atoms with Gasteiger partial charge in [0.25, 0.3) is 0 Å². The molecular formula is C7H10N2O3. The third-order valence-electron chi connectivity index (χ3n) is 1.21. The summed E-state index contributed by atoms with van der Waals surface area (Å²) in [6.07, 6.45) is 0.159. The number of nitrogens with one attached hydrogen (secondary N) is 1. The van der Waals surface area contributed by atoms with Crippen LogP contribution in [0, 0.1) is 11.3 Å². The molecule has 0 bridgehead atoms. The van der Waals surface area contributed by atoms with Gasteiger partial charge in [-0.3, -0.25) is 9.59 Å². The van der Waals surface area contributed by atoms with E-state index in [1.54, 1.807) is 6.07 Å². The lowest BCUT2D eigenvalue weighted by Crippen LogP contribution is -2.38. The number of carbonyl (C=O) groups excluding carboxylic acids is 1. The highest BCUT2D eigenvalue weighted by atomic mass is 16.4. The number of nitrogens with zero attached hydrogens (tertiary/aromatic N) is 1. The zero-order chi connectivity index (χ0) is 9.56. The minimum absolute atomic E-state index is 0.0497. The maximum absolute atomic E-state index is 10.8. The molecule has 0 aromatic rings. The molecule has 0 aliphatic heterocycles. The van der Waals surface area contributed by atoms with E-state index in [4.69, 9.17) is 10.4 Å². The van der Waals surface area contributed by atoms with Gasteiger partial charge in [0, 0.05) is 12.8 Å². The highest BCUT2D eigenvalue weighted by Crippen LogP contribution is 1.88. The van der Waals surface area contributed by atoms with E-state index in [0.29, 0.717) is 0 Å². The van der Waals surface area contributed by atoms with Gasteiger partial charge in [-0.05, 0) is 6.92 Å².